The Morgan fingerprint density at radius 1 is 1.31 bits per heavy atom. The Bertz CT molecular complexity index is 240. The Morgan fingerprint density at radius 3 is 2.31 bits per heavy atom. The molecule has 0 aromatic heterocycles. The van der Waals surface area contributed by atoms with Crippen LogP contribution in [0.2, 0.25) is 0 Å². The van der Waals surface area contributed by atoms with Crippen LogP contribution in [0.1, 0.15) is 39.0 Å². The van der Waals surface area contributed by atoms with E-state index >= 15 is 0 Å². The first kappa shape index (κ1) is 11.0. The van der Waals surface area contributed by atoms with Gasteiger partial charge in [-0.1, -0.05) is 19.3 Å². The van der Waals surface area contributed by atoms with Gasteiger partial charge in [-0.2, -0.15) is 0 Å². The summed E-state index contributed by atoms with van der Waals surface area (Å²) in [4.78, 5) is 0. The summed E-state index contributed by atoms with van der Waals surface area (Å²) in [6.07, 6.45) is 4.99. The van der Waals surface area contributed by atoms with E-state index in [0.29, 0.717) is 0 Å². The van der Waals surface area contributed by atoms with Crippen molar-refractivity contribution in [1.82, 2.24) is 0 Å². The molecular weight excluding hydrogens is 186 g/mol. The number of hydrogen-bond donors (Lipinski definition) is 1. The predicted octanol–water partition coefficient (Wildman–Crippen LogP) is 1.08. The quantitative estimate of drug-likeness (QED) is 0.750. The van der Waals surface area contributed by atoms with Gasteiger partial charge >= 0.3 is 0 Å². The third kappa shape index (κ3) is 3.27. The Balaban J connectivity index is 2.57. The molecule has 4 heteroatoms. The lowest BCUT2D eigenvalue weighted by Gasteiger charge is -2.22. The maximum absolute atomic E-state index is 11.7. The molecule has 0 aromatic rings. The topological polar surface area (TPSA) is 60.2 Å². The van der Waals surface area contributed by atoms with Crippen molar-refractivity contribution in [3.8, 4) is 0 Å². The maximum Gasteiger partial charge on any atom is 0.154 e. The van der Waals surface area contributed by atoms with Crippen LogP contribution in [0.5, 0.6) is 0 Å². The van der Waals surface area contributed by atoms with Crippen molar-refractivity contribution in [2.75, 3.05) is 5.75 Å². The van der Waals surface area contributed by atoms with E-state index in [4.69, 9.17) is 5.73 Å². The highest BCUT2D eigenvalue weighted by atomic mass is 32.2. The van der Waals surface area contributed by atoms with Crippen molar-refractivity contribution in [1.29, 1.82) is 0 Å². The molecule has 13 heavy (non-hydrogen) atoms. The van der Waals surface area contributed by atoms with E-state index in [-0.39, 0.29) is 17.0 Å². The van der Waals surface area contributed by atoms with E-state index < -0.39 is 9.84 Å². The van der Waals surface area contributed by atoms with Gasteiger partial charge in [0, 0.05) is 6.04 Å². The van der Waals surface area contributed by atoms with Crippen molar-refractivity contribution in [2.24, 2.45) is 5.73 Å². The third-order valence-corrected chi connectivity index (χ3v) is 5.03. The van der Waals surface area contributed by atoms with Crippen molar-refractivity contribution < 1.29 is 8.42 Å². The van der Waals surface area contributed by atoms with Crippen LogP contribution in [0.25, 0.3) is 0 Å². The molecule has 1 fully saturated rings. The zero-order valence-electron chi connectivity index (χ0n) is 8.20. The third-order valence-electron chi connectivity index (χ3n) is 2.56. The molecule has 0 spiro atoms. The highest BCUT2D eigenvalue weighted by Crippen LogP contribution is 2.24. The second kappa shape index (κ2) is 4.42. The summed E-state index contributed by atoms with van der Waals surface area (Å²) in [5.74, 6) is 0.150. The van der Waals surface area contributed by atoms with Crippen LogP contribution in [0.3, 0.4) is 0 Å². The largest absolute Gasteiger partial charge is 0.327 e. The predicted molar refractivity (Wildman–Crippen MR) is 54.3 cm³/mol. The molecule has 0 amide bonds. The van der Waals surface area contributed by atoms with Crippen molar-refractivity contribution in [2.45, 2.75) is 50.3 Å². The van der Waals surface area contributed by atoms with Gasteiger partial charge in [0.1, 0.15) is 0 Å². The van der Waals surface area contributed by atoms with Gasteiger partial charge in [0.05, 0.1) is 11.0 Å². The fraction of sp³-hybridized carbons (Fsp3) is 1.00. The minimum Gasteiger partial charge on any atom is -0.327 e. The van der Waals surface area contributed by atoms with Gasteiger partial charge in [0.15, 0.2) is 9.84 Å². The zero-order valence-corrected chi connectivity index (χ0v) is 9.02. The van der Waals surface area contributed by atoms with E-state index in [0.717, 1.165) is 25.7 Å². The lowest BCUT2D eigenvalue weighted by Crippen LogP contribution is -2.34. The van der Waals surface area contributed by atoms with Crippen molar-refractivity contribution in [3.63, 3.8) is 0 Å². The summed E-state index contributed by atoms with van der Waals surface area (Å²) in [7, 11) is -2.91. The minimum atomic E-state index is -2.91. The van der Waals surface area contributed by atoms with E-state index in [9.17, 15) is 8.42 Å². The molecule has 0 radical (unpaired) electrons. The van der Waals surface area contributed by atoms with Crippen LogP contribution in [-0.4, -0.2) is 25.5 Å². The molecule has 1 aliphatic rings. The molecule has 0 saturated heterocycles. The molecule has 0 heterocycles. The smallest absolute Gasteiger partial charge is 0.154 e. The Labute approximate surface area is 80.6 Å². The Morgan fingerprint density at radius 2 is 1.85 bits per heavy atom. The van der Waals surface area contributed by atoms with E-state index in [2.05, 4.69) is 0 Å². The van der Waals surface area contributed by atoms with Crippen LogP contribution in [0.15, 0.2) is 0 Å². The highest BCUT2D eigenvalue weighted by Gasteiger charge is 2.27. The normalized spacial score (nSPS) is 22.9. The van der Waals surface area contributed by atoms with Crippen LogP contribution >= 0.6 is 0 Å². The van der Waals surface area contributed by atoms with Gasteiger partial charge in [0.25, 0.3) is 0 Å². The second-order valence-electron chi connectivity index (χ2n) is 4.07. The van der Waals surface area contributed by atoms with Crippen molar-refractivity contribution in [3.05, 3.63) is 0 Å². The van der Waals surface area contributed by atoms with Gasteiger partial charge in [-0.3, -0.25) is 0 Å². The van der Waals surface area contributed by atoms with Gasteiger partial charge < -0.3 is 5.73 Å². The average molecular weight is 205 g/mol. The van der Waals surface area contributed by atoms with Gasteiger partial charge in [-0.25, -0.2) is 8.42 Å². The molecule has 1 unspecified atom stereocenters. The van der Waals surface area contributed by atoms with Gasteiger partial charge in [-0.05, 0) is 19.8 Å². The first-order valence-electron chi connectivity index (χ1n) is 4.99. The number of rotatable bonds is 3. The summed E-state index contributed by atoms with van der Waals surface area (Å²) < 4.78 is 23.4. The monoisotopic (exact) mass is 205 g/mol. The Kier molecular flexibility index (Phi) is 3.74. The number of hydrogen-bond acceptors (Lipinski definition) is 3. The molecule has 78 valence electrons. The van der Waals surface area contributed by atoms with Crippen molar-refractivity contribution >= 4 is 9.84 Å². The fourth-order valence-electron chi connectivity index (χ4n) is 1.93. The highest BCUT2D eigenvalue weighted by molar-refractivity contribution is 7.92. The maximum atomic E-state index is 11.7. The van der Waals surface area contributed by atoms with E-state index in [1.807, 2.05) is 0 Å². The summed E-state index contributed by atoms with van der Waals surface area (Å²) in [6.45, 7) is 1.75. The van der Waals surface area contributed by atoms with Gasteiger partial charge in [0.2, 0.25) is 0 Å². The molecule has 1 saturated carbocycles. The molecular formula is C9H19NO2S. The number of nitrogens with two attached hydrogens (primary N) is 1. The molecule has 0 aromatic carbocycles. The molecule has 2 N–H and O–H groups in total. The first-order valence-corrected chi connectivity index (χ1v) is 6.71. The van der Waals surface area contributed by atoms with Crippen LogP contribution in [-0.2, 0) is 9.84 Å². The number of sulfone groups is 1. The SMILES string of the molecule is CC(N)CS(=O)(=O)C1CCCCC1. The molecule has 0 bridgehead atoms. The zero-order chi connectivity index (χ0) is 9.90. The molecule has 1 atom stereocenters. The standard InChI is InChI=1S/C9H19NO2S/c1-8(10)7-13(11,12)9-5-3-2-4-6-9/h8-9H,2-7,10H2,1H3. The average Bonchev–Trinajstić information content (AvgIpc) is 2.04. The lowest BCUT2D eigenvalue weighted by atomic mass is 10.0. The van der Waals surface area contributed by atoms with Crippen LogP contribution in [0.4, 0.5) is 0 Å². The minimum absolute atomic E-state index is 0.104. The van der Waals surface area contributed by atoms with Crippen LogP contribution < -0.4 is 5.73 Å². The summed E-state index contributed by atoms with van der Waals surface area (Å²) in [5.41, 5.74) is 5.51. The fourth-order valence-corrected chi connectivity index (χ4v) is 3.98. The molecule has 1 aliphatic carbocycles. The first-order chi connectivity index (χ1) is 6.02. The second-order valence-corrected chi connectivity index (χ2v) is 6.39. The Hall–Kier alpha value is -0.0900. The summed E-state index contributed by atoms with van der Waals surface area (Å²) >= 11 is 0. The van der Waals surface area contributed by atoms with Gasteiger partial charge in [-0.15, -0.1) is 0 Å². The summed E-state index contributed by atoms with van der Waals surface area (Å²) in [6, 6.07) is -0.230. The van der Waals surface area contributed by atoms with E-state index in [1.54, 1.807) is 6.92 Å². The molecule has 0 aliphatic heterocycles. The molecule has 3 nitrogen and oxygen atoms in total. The van der Waals surface area contributed by atoms with Crippen LogP contribution in [0, 0.1) is 0 Å². The molecule has 1 rings (SSSR count). The van der Waals surface area contributed by atoms with E-state index in [1.165, 1.54) is 6.42 Å². The lowest BCUT2D eigenvalue weighted by molar-refractivity contribution is 0.482. The summed E-state index contributed by atoms with van der Waals surface area (Å²) in [5, 5.41) is -0.104.